The minimum absolute atomic E-state index is 0.0520. The second kappa shape index (κ2) is 7.00. The van der Waals surface area contributed by atoms with Gasteiger partial charge in [0.15, 0.2) is 0 Å². The van der Waals surface area contributed by atoms with Crippen molar-refractivity contribution in [3.63, 3.8) is 0 Å². The van der Waals surface area contributed by atoms with Gasteiger partial charge in [-0.1, -0.05) is 13.8 Å². The molecule has 0 aliphatic carbocycles. The van der Waals surface area contributed by atoms with Crippen molar-refractivity contribution in [2.24, 2.45) is 11.8 Å². The molecule has 0 bridgehead atoms. The van der Waals surface area contributed by atoms with Crippen molar-refractivity contribution in [1.29, 1.82) is 0 Å². The standard InChI is InChI=1S/C18H26N4O3/c1-12(2)10-19-18(23)15-9-13-8-14(22(24)25)4-5-16(13)21-7-6-20(3)11-17(15)21/h4-5,8,12,15,17H,6-7,9-11H2,1-3H3,(H,19,23). The minimum atomic E-state index is -0.371. The molecular formula is C18H26N4O3. The van der Waals surface area contributed by atoms with Crippen molar-refractivity contribution in [2.45, 2.75) is 26.3 Å². The lowest BCUT2D eigenvalue weighted by molar-refractivity contribution is -0.384. The van der Waals surface area contributed by atoms with Gasteiger partial charge in [0.1, 0.15) is 0 Å². The van der Waals surface area contributed by atoms with Gasteiger partial charge in [0, 0.05) is 44.0 Å². The zero-order chi connectivity index (χ0) is 18.1. The molecule has 3 rings (SSSR count). The van der Waals surface area contributed by atoms with E-state index in [4.69, 9.17) is 0 Å². The highest BCUT2D eigenvalue weighted by Crippen LogP contribution is 2.37. The molecule has 1 fully saturated rings. The second-order valence-electron chi connectivity index (χ2n) is 7.54. The van der Waals surface area contributed by atoms with Crippen molar-refractivity contribution >= 4 is 17.3 Å². The van der Waals surface area contributed by atoms with E-state index in [0.29, 0.717) is 18.9 Å². The number of nitrogens with one attached hydrogen (secondary N) is 1. The predicted molar refractivity (Wildman–Crippen MR) is 96.8 cm³/mol. The van der Waals surface area contributed by atoms with E-state index in [2.05, 4.69) is 36.0 Å². The fraction of sp³-hybridized carbons (Fsp3) is 0.611. The Kier molecular flexibility index (Phi) is 4.94. The molecule has 25 heavy (non-hydrogen) atoms. The number of non-ortho nitro benzene ring substituents is 1. The number of rotatable bonds is 4. The highest BCUT2D eigenvalue weighted by Gasteiger charge is 2.41. The van der Waals surface area contributed by atoms with E-state index in [9.17, 15) is 14.9 Å². The molecule has 2 aliphatic rings. The van der Waals surface area contributed by atoms with Gasteiger partial charge in [-0.2, -0.15) is 0 Å². The van der Waals surface area contributed by atoms with Crippen LogP contribution in [0.2, 0.25) is 0 Å². The van der Waals surface area contributed by atoms with E-state index in [0.717, 1.165) is 30.9 Å². The van der Waals surface area contributed by atoms with Crippen LogP contribution in [0, 0.1) is 22.0 Å². The summed E-state index contributed by atoms with van der Waals surface area (Å²) in [6, 6.07) is 5.15. The maximum absolute atomic E-state index is 12.8. The molecule has 0 radical (unpaired) electrons. The van der Waals surface area contributed by atoms with E-state index in [-0.39, 0.29) is 28.5 Å². The van der Waals surface area contributed by atoms with Crippen LogP contribution in [0.15, 0.2) is 18.2 Å². The first kappa shape index (κ1) is 17.7. The molecule has 2 atom stereocenters. The number of nitro benzene ring substituents is 1. The Morgan fingerprint density at radius 1 is 1.40 bits per heavy atom. The lowest BCUT2D eigenvalue weighted by Gasteiger charge is -2.48. The molecule has 0 saturated carbocycles. The Morgan fingerprint density at radius 2 is 2.16 bits per heavy atom. The van der Waals surface area contributed by atoms with Gasteiger partial charge in [-0.3, -0.25) is 14.9 Å². The number of amides is 1. The third kappa shape index (κ3) is 3.61. The normalized spacial score (nSPS) is 23.1. The first-order valence-corrected chi connectivity index (χ1v) is 8.87. The fourth-order valence-corrected chi connectivity index (χ4v) is 3.80. The largest absolute Gasteiger partial charge is 0.365 e. The van der Waals surface area contributed by atoms with Crippen LogP contribution < -0.4 is 10.2 Å². The molecule has 1 aromatic rings. The zero-order valence-corrected chi connectivity index (χ0v) is 15.1. The monoisotopic (exact) mass is 346 g/mol. The van der Waals surface area contributed by atoms with Crippen LogP contribution in [0.4, 0.5) is 11.4 Å². The third-order valence-electron chi connectivity index (χ3n) is 5.13. The summed E-state index contributed by atoms with van der Waals surface area (Å²) in [6.07, 6.45) is 0.552. The second-order valence-corrected chi connectivity index (χ2v) is 7.54. The Bertz CT molecular complexity index is 676. The average Bonchev–Trinajstić information content (AvgIpc) is 2.58. The minimum Gasteiger partial charge on any atom is -0.365 e. The van der Waals surface area contributed by atoms with Gasteiger partial charge in [-0.05, 0) is 31.0 Å². The van der Waals surface area contributed by atoms with Crippen LogP contribution in [-0.4, -0.2) is 55.0 Å². The lowest BCUT2D eigenvalue weighted by Crippen LogP contribution is -2.60. The molecule has 7 heteroatoms. The summed E-state index contributed by atoms with van der Waals surface area (Å²) in [4.78, 5) is 28.1. The van der Waals surface area contributed by atoms with Crippen LogP contribution >= 0.6 is 0 Å². The SMILES string of the molecule is CC(C)CNC(=O)C1Cc2cc([N+](=O)[O-])ccc2N2CCN(C)CC12. The summed E-state index contributed by atoms with van der Waals surface area (Å²) < 4.78 is 0. The van der Waals surface area contributed by atoms with Crippen molar-refractivity contribution in [3.8, 4) is 0 Å². The lowest BCUT2D eigenvalue weighted by atomic mass is 9.83. The predicted octanol–water partition coefficient (Wildman–Crippen LogP) is 1.66. The summed E-state index contributed by atoms with van der Waals surface area (Å²) in [5.74, 6) is 0.262. The third-order valence-corrected chi connectivity index (χ3v) is 5.13. The van der Waals surface area contributed by atoms with Crippen molar-refractivity contribution in [1.82, 2.24) is 10.2 Å². The molecule has 1 saturated heterocycles. The number of carbonyl (C=O) groups excluding carboxylic acids is 1. The number of nitrogens with zero attached hydrogens (tertiary/aromatic N) is 3. The Labute approximate surface area is 148 Å². The van der Waals surface area contributed by atoms with Crippen LogP contribution in [0.5, 0.6) is 0 Å². The van der Waals surface area contributed by atoms with Crippen molar-refractivity contribution < 1.29 is 9.72 Å². The average molecular weight is 346 g/mol. The van der Waals surface area contributed by atoms with Crippen LogP contribution in [0.1, 0.15) is 19.4 Å². The van der Waals surface area contributed by atoms with E-state index in [1.807, 2.05) is 6.07 Å². The molecule has 2 unspecified atom stereocenters. The topological polar surface area (TPSA) is 78.7 Å². The van der Waals surface area contributed by atoms with Gasteiger partial charge < -0.3 is 15.1 Å². The van der Waals surface area contributed by atoms with Crippen LogP contribution in [0.3, 0.4) is 0 Å². The molecule has 1 amide bonds. The number of likely N-dealkylation sites (N-methyl/N-ethyl adjacent to an activating group) is 1. The van der Waals surface area contributed by atoms with Gasteiger partial charge in [0.2, 0.25) is 5.91 Å². The van der Waals surface area contributed by atoms with Crippen molar-refractivity contribution in [2.75, 3.05) is 38.1 Å². The Hall–Kier alpha value is -2.15. The van der Waals surface area contributed by atoms with Gasteiger partial charge in [0.25, 0.3) is 5.69 Å². The van der Waals surface area contributed by atoms with Gasteiger partial charge >= 0.3 is 0 Å². The summed E-state index contributed by atoms with van der Waals surface area (Å²) in [7, 11) is 2.08. The molecule has 0 spiro atoms. The first-order chi connectivity index (χ1) is 11.9. The smallest absolute Gasteiger partial charge is 0.269 e. The summed E-state index contributed by atoms with van der Waals surface area (Å²) in [6.45, 7) is 7.38. The van der Waals surface area contributed by atoms with Gasteiger partial charge in [-0.15, -0.1) is 0 Å². The van der Waals surface area contributed by atoms with Crippen LogP contribution in [0.25, 0.3) is 0 Å². The molecule has 2 heterocycles. The van der Waals surface area contributed by atoms with E-state index >= 15 is 0 Å². The number of piperazine rings is 1. The molecule has 136 valence electrons. The number of anilines is 1. The maximum atomic E-state index is 12.8. The highest BCUT2D eigenvalue weighted by molar-refractivity contribution is 5.82. The molecule has 1 N–H and O–H groups in total. The number of fused-ring (bicyclic) bond motifs is 3. The molecular weight excluding hydrogens is 320 g/mol. The maximum Gasteiger partial charge on any atom is 0.269 e. The molecule has 1 aromatic carbocycles. The fourth-order valence-electron chi connectivity index (χ4n) is 3.80. The quantitative estimate of drug-likeness (QED) is 0.663. The number of carbonyl (C=O) groups is 1. The van der Waals surface area contributed by atoms with Crippen LogP contribution in [-0.2, 0) is 11.2 Å². The summed E-state index contributed by atoms with van der Waals surface area (Å²) >= 11 is 0. The van der Waals surface area contributed by atoms with Crippen molar-refractivity contribution in [3.05, 3.63) is 33.9 Å². The van der Waals surface area contributed by atoms with Gasteiger partial charge in [-0.25, -0.2) is 0 Å². The molecule has 2 aliphatic heterocycles. The van der Waals surface area contributed by atoms with E-state index < -0.39 is 0 Å². The number of hydrogen-bond acceptors (Lipinski definition) is 5. The summed E-state index contributed by atoms with van der Waals surface area (Å²) in [5, 5.41) is 14.2. The Morgan fingerprint density at radius 3 is 2.84 bits per heavy atom. The number of benzene rings is 1. The molecule has 0 aromatic heterocycles. The van der Waals surface area contributed by atoms with Gasteiger partial charge in [0.05, 0.1) is 16.9 Å². The first-order valence-electron chi connectivity index (χ1n) is 8.87. The zero-order valence-electron chi connectivity index (χ0n) is 15.1. The number of hydrogen-bond donors (Lipinski definition) is 1. The van der Waals surface area contributed by atoms with E-state index in [1.165, 1.54) is 0 Å². The molecule has 7 nitrogen and oxygen atoms in total. The Balaban J connectivity index is 1.92. The highest BCUT2D eigenvalue weighted by atomic mass is 16.6. The number of nitro groups is 1. The summed E-state index contributed by atoms with van der Waals surface area (Å²) in [5.41, 5.74) is 2.03. The van der Waals surface area contributed by atoms with E-state index in [1.54, 1.807) is 12.1 Å².